The second kappa shape index (κ2) is 5.39. The number of benzene rings is 1. The zero-order chi connectivity index (χ0) is 13.8. The van der Waals surface area contributed by atoms with Crippen LogP contribution in [0.1, 0.15) is 10.4 Å². The fourth-order valence-corrected chi connectivity index (χ4v) is 1.61. The van der Waals surface area contributed by atoms with E-state index in [0.717, 1.165) is 11.4 Å². The van der Waals surface area contributed by atoms with Crippen LogP contribution in [0.4, 0.5) is 11.4 Å². The van der Waals surface area contributed by atoms with E-state index in [9.17, 15) is 10.0 Å². The van der Waals surface area contributed by atoms with E-state index in [1.165, 1.54) is 24.5 Å². The summed E-state index contributed by atoms with van der Waals surface area (Å²) in [5.74, 6) is -0.238. The Morgan fingerprint density at radius 3 is 2.21 bits per heavy atom. The molecule has 1 aromatic carbocycles. The van der Waals surface area contributed by atoms with Crippen LogP contribution in [0.15, 0.2) is 48.8 Å². The van der Waals surface area contributed by atoms with Gasteiger partial charge in [-0.1, -0.05) is 0 Å². The largest absolute Gasteiger partial charge is 0.619 e. The van der Waals surface area contributed by atoms with Gasteiger partial charge in [0.1, 0.15) is 0 Å². The molecule has 2 rings (SSSR count). The molecule has 5 nitrogen and oxygen atoms in total. The summed E-state index contributed by atoms with van der Waals surface area (Å²) in [7, 11) is 3.91. The fourth-order valence-electron chi connectivity index (χ4n) is 1.61. The van der Waals surface area contributed by atoms with Gasteiger partial charge < -0.3 is 15.4 Å². The lowest BCUT2D eigenvalue weighted by atomic mass is 10.2. The van der Waals surface area contributed by atoms with Crippen LogP contribution in [-0.4, -0.2) is 20.0 Å². The van der Waals surface area contributed by atoms with Gasteiger partial charge in [0.2, 0.25) is 0 Å². The molecular weight excluding hydrogens is 242 g/mol. The number of anilines is 2. The summed E-state index contributed by atoms with van der Waals surface area (Å²) in [6, 6.07) is 10.5. The van der Waals surface area contributed by atoms with E-state index in [0.29, 0.717) is 10.3 Å². The second-order valence-electron chi connectivity index (χ2n) is 4.34. The third-order valence-electron chi connectivity index (χ3n) is 2.71. The molecule has 0 fully saturated rings. The summed E-state index contributed by atoms with van der Waals surface area (Å²) in [6.45, 7) is 0. The third-order valence-corrected chi connectivity index (χ3v) is 2.71. The van der Waals surface area contributed by atoms with Crippen molar-refractivity contribution in [2.24, 2.45) is 0 Å². The molecule has 0 aliphatic rings. The highest BCUT2D eigenvalue weighted by atomic mass is 16.5. The Kier molecular flexibility index (Phi) is 3.66. The highest BCUT2D eigenvalue weighted by Crippen LogP contribution is 2.16. The van der Waals surface area contributed by atoms with Crippen LogP contribution in [0.2, 0.25) is 0 Å². The Bertz CT molecular complexity index is 562. The number of aromatic nitrogens is 1. The number of nitrogens with zero attached hydrogens (tertiary/aromatic N) is 2. The van der Waals surface area contributed by atoms with Crippen molar-refractivity contribution in [2.75, 3.05) is 24.3 Å². The smallest absolute Gasteiger partial charge is 0.256 e. The molecule has 5 heteroatoms. The molecule has 0 bridgehead atoms. The first-order valence-electron chi connectivity index (χ1n) is 5.84. The zero-order valence-electron chi connectivity index (χ0n) is 10.8. The summed E-state index contributed by atoms with van der Waals surface area (Å²) in [4.78, 5) is 13.9. The summed E-state index contributed by atoms with van der Waals surface area (Å²) in [5, 5.41) is 13.7. The van der Waals surface area contributed by atoms with Crippen molar-refractivity contribution in [3.8, 4) is 0 Å². The van der Waals surface area contributed by atoms with Crippen molar-refractivity contribution >= 4 is 17.3 Å². The third kappa shape index (κ3) is 3.22. The van der Waals surface area contributed by atoms with Crippen LogP contribution < -0.4 is 14.9 Å². The van der Waals surface area contributed by atoms with E-state index in [1.54, 1.807) is 0 Å². The number of pyridine rings is 1. The predicted octanol–water partition coefficient (Wildman–Crippen LogP) is 1.64. The Morgan fingerprint density at radius 2 is 1.68 bits per heavy atom. The molecule has 2 aromatic rings. The zero-order valence-corrected chi connectivity index (χ0v) is 10.8. The highest BCUT2D eigenvalue weighted by Gasteiger charge is 2.07. The van der Waals surface area contributed by atoms with E-state index < -0.39 is 0 Å². The molecule has 0 unspecified atom stereocenters. The first-order valence-corrected chi connectivity index (χ1v) is 5.84. The van der Waals surface area contributed by atoms with Gasteiger partial charge in [-0.3, -0.25) is 4.79 Å². The van der Waals surface area contributed by atoms with Gasteiger partial charge in [-0.15, -0.1) is 0 Å². The first kappa shape index (κ1) is 12.9. The molecule has 0 spiro atoms. The minimum absolute atomic E-state index is 0.238. The fraction of sp³-hybridized carbons (Fsp3) is 0.143. The maximum absolute atomic E-state index is 11.9. The SMILES string of the molecule is CN(C)c1ccc(NC(=O)c2cc[n+]([O-])cc2)cc1. The molecule has 0 aliphatic carbocycles. The Labute approximate surface area is 111 Å². The number of hydrogen-bond acceptors (Lipinski definition) is 3. The first-order chi connectivity index (χ1) is 9.06. The quantitative estimate of drug-likeness (QED) is 0.671. The molecule has 1 heterocycles. The summed E-state index contributed by atoms with van der Waals surface area (Å²) in [5.41, 5.74) is 2.23. The summed E-state index contributed by atoms with van der Waals surface area (Å²) < 4.78 is 0.642. The number of rotatable bonds is 3. The maximum atomic E-state index is 11.9. The molecule has 1 amide bonds. The van der Waals surface area contributed by atoms with Crippen molar-refractivity contribution in [1.82, 2.24) is 0 Å². The lowest BCUT2D eigenvalue weighted by Crippen LogP contribution is -2.25. The van der Waals surface area contributed by atoms with Gasteiger partial charge in [0, 0.05) is 37.6 Å². The topological polar surface area (TPSA) is 59.3 Å². The van der Waals surface area contributed by atoms with Crippen LogP contribution in [0.3, 0.4) is 0 Å². The summed E-state index contributed by atoms with van der Waals surface area (Å²) >= 11 is 0. The number of carbonyl (C=O) groups is 1. The van der Waals surface area contributed by atoms with Crippen molar-refractivity contribution in [1.29, 1.82) is 0 Å². The van der Waals surface area contributed by atoms with E-state index in [2.05, 4.69) is 5.32 Å². The van der Waals surface area contributed by atoms with Crippen molar-refractivity contribution < 1.29 is 9.52 Å². The van der Waals surface area contributed by atoms with E-state index in [-0.39, 0.29) is 5.91 Å². The van der Waals surface area contributed by atoms with Gasteiger partial charge in [-0.2, -0.15) is 4.73 Å². The average molecular weight is 257 g/mol. The van der Waals surface area contributed by atoms with Crippen LogP contribution >= 0.6 is 0 Å². The molecule has 0 aliphatic heterocycles. The normalized spacial score (nSPS) is 10.0. The molecule has 19 heavy (non-hydrogen) atoms. The van der Waals surface area contributed by atoms with Crippen molar-refractivity contribution in [3.63, 3.8) is 0 Å². The minimum Gasteiger partial charge on any atom is -0.619 e. The van der Waals surface area contributed by atoms with Gasteiger partial charge in [-0.05, 0) is 24.3 Å². The number of amides is 1. The molecule has 1 aromatic heterocycles. The van der Waals surface area contributed by atoms with E-state index >= 15 is 0 Å². The van der Waals surface area contributed by atoms with Crippen molar-refractivity contribution in [3.05, 3.63) is 59.6 Å². The van der Waals surface area contributed by atoms with Gasteiger partial charge >= 0.3 is 0 Å². The van der Waals surface area contributed by atoms with Crippen LogP contribution in [-0.2, 0) is 0 Å². The average Bonchev–Trinajstić information content (AvgIpc) is 2.40. The van der Waals surface area contributed by atoms with Gasteiger partial charge in [0.05, 0.1) is 5.56 Å². The number of carbonyl (C=O) groups excluding carboxylic acids is 1. The molecule has 0 saturated heterocycles. The van der Waals surface area contributed by atoms with Gasteiger partial charge in [0.25, 0.3) is 5.91 Å². The number of hydrogen-bond donors (Lipinski definition) is 1. The maximum Gasteiger partial charge on any atom is 0.256 e. The standard InChI is InChI=1S/C14H15N3O2/c1-16(2)13-5-3-12(4-6-13)15-14(18)11-7-9-17(19)10-8-11/h3-10H,1-2H3,(H,15,18). The van der Waals surface area contributed by atoms with E-state index in [1.807, 2.05) is 43.3 Å². The molecule has 0 radical (unpaired) electrons. The number of nitrogens with one attached hydrogen (secondary N) is 1. The molecule has 98 valence electrons. The molecular formula is C14H15N3O2. The Morgan fingerprint density at radius 1 is 1.11 bits per heavy atom. The monoisotopic (exact) mass is 257 g/mol. The molecule has 1 N–H and O–H groups in total. The summed E-state index contributed by atoms with van der Waals surface area (Å²) in [6.07, 6.45) is 2.59. The molecule has 0 saturated carbocycles. The van der Waals surface area contributed by atoms with Crippen LogP contribution in [0, 0.1) is 5.21 Å². The lowest BCUT2D eigenvalue weighted by molar-refractivity contribution is -0.605. The Hall–Kier alpha value is -2.56. The van der Waals surface area contributed by atoms with E-state index in [4.69, 9.17) is 0 Å². The second-order valence-corrected chi connectivity index (χ2v) is 4.34. The highest BCUT2D eigenvalue weighted by molar-refractivity contribution is 6.04. The van der Waals surface area contributed by atoms with Crippen LogP contribution in [0.5, 0.6) is 0 Å². The predicted molar refractivity (Wildman–Crippen MR) is 74.1 cm³/mol. The van der Waals surface area contributed by atoms with Crippen molar-refractivity contribution in [2.45, 2.75) is 0 Å². The minimum atomic E-state index is -0.238. The van der Waals surface area contributed by atoms with Gasteiger partial charge in [-0.25, -0.2) is 0 Å². The molecule has 0 atom stereocenters. The lowest BCUT2D eigenvalue weighted by Gasteiger charge is -2.13. The van der Waals surface area contributed by atoms with Gasteiger partial charge in [0.15, 0.2) is 12.4 Å². The Balaban J connectivity index is 2.08. The van der Waals surface area contributed by atoms with Crippen LogP contribution in [0.25, 0.3) is 0 Å².